The summed E-state index contributed by atoms with van der Waals surface area (Å²) in [7, 11) is 1.54. The molecule has 0 saturated heterocycles. The van der Waals surface area contributed by atoms with Crippen LogP contribution in [0.15, 0.2) is 28.8 Å². The molecule has 0 saturated carbocycles. The molecule has 6 heteroatoms. The lowest BCUT2D eigenvalue weighted by atomic mass is 10.1. The molecule has 0 bridgehead atoms. The minimum atomic E-state index is -0.843. The molecule has 0 aliphatic carbocycles. The van der Waals surface area contributed by atoms with Crippen LogP contribution in [-0.2, 0) is 10.3 Å². The lowest BCUT2D eigenvalue weighted by Crippen LogP contribution is -2.38. The Kier molecular flexibility index (Phi) is 3.40. The van der Waals surface area contributed by atoms with Crippen LogP contribution in [0.4, 0.5) is 4.39 Å². The van der Waals surface area contributed by atoms with Crippen molar-refractivity contribution in [1.82, 2.24) is 10.1 Å². The molecule has 1 aromatic heterocycles. The van der Waals surface area contributed by atoms with Crippen LogP contribution in [0.5, 0.6) is 0 Å². The van der Waals surface area contributed by atoms with Crippen molar-refractivity contribution in [3.8, 4) is 11.5 Å². The topological polar surface area (TPSA) is 74.2 Å². The third-order valence-corrected chi connectivity index (χ3v) is 2.45. The highest BCUT2D eigenvalue weighted by atomic mass is 19.1. The van der Waals surface area contributed by atoms with E-state index >= 15 is 0 Å². The summed E-state index contributed by atoms with van der Waals surface area (Å²) in [6.07, 6.45) is 0. The van der Waals surface area contributed by atoms with Gasteiger partial charge in [-0.25, -0.2) is 4.39 Å². The summed E-state index contributed by atoms with van der Waals surface area (Å²) in [5.74, 6) is 0.195. The molecule has 0 aliphatic rings. The summed E-state index contributed by atoms with van der Waals surface area (Å²) >= 11 is 0. The van der Waals surface area contributed by atoms with E-state index in [1.165, 1.54) is 12.1 Å². The summed E-state index contributed by atoms with van der Waals surface area (Å²) < 4.78 is 23.1. The van der Waals surface area contributed by atoms with Gasteiger partial charge in [-0.2, -0.15) is 4.98 Å². The molecule has 2 aromatic rings. The molecule has 0 amide bonds. The molecule has 5 nitrogen and oxygen atoms in total. The normalized spacial score (nSPS) is 14.4. The van der Waals surface area contributed by atoms with E-state index in [0.717, 1.165) is 0 Å². The highest BCUT2D eigenvalue weighted by molar-refractivity contribution is 5.52. The highest BCUT2D eigenvalue weighted by Crippen LogP contribution is 2.21. The van der Waals surface area contributed by atoms with E-state index in [2.05, 4.69) is 10.1 Å². The Labute approximate surface area is 104 Å². The second-order valence-electron chi connectivity index (χ2n) is 4.28. The van der Waals surface area contributed by atoms with E-state index in [1.807, 2.05) is 0 Å². The zero-order valence-electron chi connectivity index (χ0n) is 10.2. The zero-order valence-corrected chi connectivity index (χ0v) is 10.2. The number of hydrogen-bond acceptors (Lipinski definition) is 5. The summed E-state index contributed by atoms with van der Waals surface area (Å²) in [6, 6.07) is 5.93. The number of benzene rings is 1. The van der Waals surface area contributed by atoms with Crippen molar-refractivity contribution in [1.29, 1.82) is 0 Å². The number of nitrogens with zero attached hydrogens (tertiary/aromatic N) is 2. The molecule has 2 rings (SSSR count). The maximum absolute atomic E-state index is 13.1. The number of nitrogens with two attached hydrogens (primary N) is 1. The van der Waals surface area contributed by atoms with Crippen molar-refractivity contribution in [3.05, 3.63) is 35.9 Å². The first kappa shape index (κ1) is 12.7. The van der Waals surface area contributed by atoms with Gasteiger partial charge in [0.05, 0.1) is 6.61 Å². The van der Waals surface area contributed by atoms with E-state index in [4.69, 9.17) is 15.0 Å². The molecule has 0 spiro atoms. The van der Waals surface area contributed by atoms with E-state index < -0.39 is 5.54 Å². The minimum absolute atomic E-state index is 0.234. The Morgan fingerprint density at radius 3 is 2.94 bits per heavy atom. The number of hydrogen-bond donors (Lipinski definition) is 1. The third-order valence-electron chi connectivity index (χ3n) is 2.45. The maximum atomic E-state index is 13.1. The fourth-order valence-corrected chi connectivity index (χ4v) is 1.56. The molecule has 18 heavy (non-hydrogen) atoms. The molecule has 0 radical (unpaired) electrons. The molecule has 1 heterocycles. The van der Waals surface area contributed by atoms with Crippen molar-refractivity contribution < 1.29 is 13.7 Å². The summed E-state index contributed by atoms with van der Waals surface area (Å²) in [6.45, 7) is 1.99. The second kappa shape index (κ2) is 4.83. The maximum Gasteiger partial charge on any atom is 0.258 e. The van der Waals surface area contributed by atoms with Crippen LogP contribution in [0, 0.1) is 5.82 Å². The van der Waals surface area contributed by atoms with E-state index in [0.29, 0.717) is 11.4 Å². The van der Waals surface area contributed by atoms with Crippen LogP contribution in [0.2, 0.25) is 0 Å². The minimum Gasteiger partial charge on any atom is -0.382 e. The third kappa shape index (κ3) is 2.55. The van der Waals surface area contributed by atoms with E-state index in [-0.39, 0.29) is 18.3 Å². The van der Waals surface area contributed by atoms with Gasteiger partial charge in [0.2, 0.25) is 0 Å². The SMILES string of the molecule is COCC(C)(N)c1noc(-c2cccc(F)c2)n1. The largest absolute Gasteiger partial charge is 0.382 e. The van der Waals surface area contributed by atoms with Gasteiger partial charge in [-0.3, -0.25) is 0 Å². The van der Waals surface area contributed by atoms with Crippen LogP contribution < -0.4 is 5.73 Å². The van der Waals surface area contributed by atoms with Crippen molar-refractivity contribution >= 4 is 0 Å². The molecule has 1 aromatic carbocycles. The van der Waals surface area contributed by atoms with Crippen LogP contribution in [0.3, 0.4) is 0 Å². The first-order valence-corrected chi connectivity index (χ1v) is 5.41. The van der Waals surface area contributed by atoms with Crippen LogP contribution in [0.1, 0.15) is 12.7 Å². The Morgan fingerprint density at radius 2 is 2.28 bits per heavy atom. The van der Waals surface area contributed by atoms with Gasteiger partial charge >= 0.3 is 0 Å². The zero-order chi connectivity index (χ0) is 13.2. The van der Waals surface area contributed by atoms with Crippen LogP contribution in [0.25, 0.3) is 11.5 Å². The fourth-order valence-electron chi connectivity index (χ4n) is 1.56. The Morgan fingerprint density at radius 1 is 1.50 bits per heavy atom. The highest BCUT2D eigenvalue weighted by Gasteiger charge is 2.27. The summed E-state index contributed by atoms with van der Waals surface area (Å²) in [5, 5.41) is 3.80. The molecule has 0 fully saturated rings. The van der Waals surface area contributed by atoms with Gasteiger partial charge < -0.3 is 15.0 Å². The molecule has 2 N–H and O–H groups in total. The number of aromatic nitrogens is 2. The molecule has 1 unspecified atom stereocenters. The smallest absolute Gasteiger partial charge is 0.258 e. The van der Waals surface area contributed by atoms with Crippen molar-refractivity contribution in [2.24, 2.45) is 5.73 Å². The molecular formula is C12H14FN3O2. The van der Waals surface area contributed by atoms with Crippen LogP contribution >= 0.6 is 0 Å². The number of methoxy groups -OCH3 is 1. The Bertz CT molecular complexity index is 540. The fraction of sp³-hybridized carbons (Fsp3) is 0.333. The van der Waals surface area contributed by atoms with Crippen molar-refractivity contribution in [3.63, 3.8) is 0 Å². The average molecular weight is 251 g/mol. The van der Waals surface area contributed by atoms with Gasteiger partial charge in [-0.1, -0.05) is 11.2 Å². The molecule has 1 atom stereocenters. The second-order valence-corrected chi connectivity index (χ2v) is 4.28. The van der Waals surface area contributed by atoms with Crippen LogP contribution in [-0.4, -0.2) is 23.9 Å². The number of ether oxygens (including phenoxy) is 1. The average Bonchev–Trinajstić information content (AvgIpc) is 2.78. The first-order chi connectivity index (χ1) is 8.53. The van der Waals surface area contributed by atoms with Gasteiger partial charge in [0.25, 0.3) is 5.89 Å². The predicted octanol–water partition coefficient (Wildman–Crippen LogP) is 1.70. The van der Waals surface area contributed by atoms with E-state index in [1.54, 1.807) is 26.2 Å². The lowest BCUT2D eigenvalue weighted by Gasteiger charge is -2.18. The van der Waals surface area contributed by atoms with Gasteiger partial charge in [0.1, 0.15) is 11.4 Å². The predicted molar refractivity (Wildman–Crippen MR) is 63.1 cm³/mol. The van der Waals surface area contributed by atoms with Gasteiger partial charge in [0, 0.05) is 12.7 Å². The lowest BCUT2D eigenvalue weighted by molar-refractivity contribution is 0.135. The van der Waals surface area contributed by atoms with Gasteiger partial charge in [0.15, 0.2) is 5.82 Å². The Hall–Kier alpha value is -1.79. The number of halogens is 1. The molecule has 0 aliphatic heterocycles. The summed E-state index contributed by atoms with van der Waals surface area (Å²) in [5.41, 5.74) is 5.66. The molecular weight excluding hydrogens is 237 g/mol. The Balaban J connectivity index is 2.31. The monoisotopic (exact) mass is 251 g/mol. The quantitative estimate of drug-likeness (QED) is 0.895. The van der Waals surface area contributed by atoms with Crippen molar-refractivity contribution in [2.45, 2.75) is 12.5 Å². The molecule has 96 valence electrons. The van der Waals surface area contributed by atoms with Gasteiger partial charge in [-0.15, -0.1) is 0 Å². The van der Waals surface area contributed by atoms with Crippen molar-refractivity contribution in [2.75, 3.05) is 13.7 Å². The standard InChI is InChI=1S/C12H14FN3O2/c1-12(14,7-17-2)11-15-10(18-16-11)8-4-3-5-9(13)6-8/h3-6H,7,14H2,1-2H3. The number of rotatable bonds is 4. The first-order valence-electron chi connectivity index (χ1n) is 5.41. The van der Waals surface area contributed by atoms with E-state index in [9.17, 15) is 4.39 Å². The van der Waals surface area contributed by atoms with Gasteiger partial charge in [-0.05, 0) is 25.1 Å². The summed E-state index contributed by atoms with van der Waals surface area (Å²) in [4.78, 5) is 4.16.